The van der Waals surface area contributed by atoms with Crippen LogP contribution in [-0.2, 0) is 0 Å². The van der Waals surface area contributed by atoms with Crippen LogP contribution in [0.25, 0.3) is 0 Å². The van der Waals surface area contributed by atoms with Crippen LogP contribution in [0.1, 0.15) is 25.7 Å². The molecule has 1 N–H and O–H groups in total. The Labute approximate surface area is 118 Å². The zero-order chi connectivity index (χ0) is 13.9. The molecule has 20 heavy (non-hydrogen) atoms. The van der Waals surface area contributed by atoms with Crippen LogP contribution >= 0.6 is 0 Å². The summed E-state index contributed by atoms with van der Waals surface area (Å²) >= 11 is 0. The number of piperidine rings is 1. The fourth-order valence-electron chi connectivity index (χ4n) is 2.84. The van der Waals surface area contributed by atoms with E-state index in [1.807, 2.05) is 0 Å². The number of rotatable bonds is 5. The zero-order valence-electron chi connectivity index (χ0n) is 11.5. The molecule has 0 aromatic carbocycles. The van der Waals surface area contributed by atoms with Crippen LogP contribution in [0.15, 0.2) is 18.3 Å². The Hall–Kier alpha value is -1.69. The first-order valence-electron chi connectivity index (χ1n) is 7.32. The van der Waals surface area contributed by atoms with E-state index in [4.69, 9.17) is 0 Å². The highest BCUT2D eigenvalue weighted by molar-refractivity contribution is 5.48. The van der Waals surface area contributed by atoms with Crippen molar-refractivity contribution in [3.05, 3.63) is 28.4 Å². The summed E-state index contributed by atoms with van der Waals surface area (Å²) in [5.74, 6) is 1.43. The molecular weight excluding hydrogens is 256 g/mol. The van der Waals surface area contributed by atoms with Gasteiger partial charge in [0.1, 0.15) is 5.82 Å². The smallest absolute Gasteiger partial charge is 0.274 e. The molecular formula is C14H20N4O2. The maximum Gasteiger partial charge on any atom is 0.274 e. The van der Waals surface area contributed by atoms with Crippen LogP contribution in [0.3, 0.4) is 0 Å². The second-order valence-corrected chi connectivity index (χ2v) is 5.71. The molecule has 6 heteroatoms. The largest absolute Gasteiger partial charge is 0.353 e. The fourth-order valence-corrected chi connectivity index (χ4v) is 2.84. The first-order valence-corrected chi connectivity index (χ1v) is 7.32. The van der Waals surface area contributed by atoms with E-state index in [9.17, 15) is 10.1 Å². The van der Waals surface area contributed by atoms with Gasteiger partial charge in [0, 0.05) is 24.8 Å². The number of hydrogen-bond donors (Lipinski definition) is 1. The molecule has 2 aliphatic rings. The molecule has 1 saturated heterocycles. The number of nitro groups is 1. The molecule has 1 aliphatic carbocycles. The van der Waals surface area contributed by atoms with Gasteiger partial charge in [-0.3, -0.25) is 10.1 Å². The van der Waals surface area contributed by atoms with Gasteiger partial charge in [0.2, 0.25) is 0 Å². The van der Waals surface area contributed by atoms with Crippen LogP contribution in [0.2, 0.25) is 0 Å². The standard InChI is InChI=1S/C14H20N4O2/c19-18(20)13-5-8-16-14(9-13)17(12-1-2-12)10-11-3-6-15-7-4-11/h5,8-9,11-12,15H,1-4,6-7,10H2. The maximum atomic E-state index is 10.9. The predicted octanol–water partition coefficient (Wildman–Crippen LogP) is 1.96. The van der Waals surface area contributed by atoms with Gasteiger partial charge in [0.25, 0.3) is 5.69 Å². The summed E-state index contributed by atoms with van der Waals surface area (Å²) in [5.41, 5.74) is 0.131. The molecule has 2 heterocycles. The zero-order valence-corrected chi connectivity index (χ0v) is 11.5. The molecule has 1 aliphatic heterocycles. The van der Waals surface area contributed by atoms with E-state index in [-0.39, 0.29) is 10.6 Å². The molecule has 6 nitrogen and oxygen atoms in total. The van der Waals surface area contributed by atoms with E-state index in [0.29, 0.717) is 12.0 Å². The van der Waals surface area contributed by atoms with Crippen molar-refractivity contribution < 1.29 is 4.92 Å². The van der Waals surface area contributed by atoms with Crippen molar-refractivity contribution in [1.82, 2.24) is 10.3 Å². The lowest BCUT2D eigenvalue weighted by Gasteiger charge is -2.30. The number of nitrogens with zero attached hydrogens (tertiary/aromatic N) is 3. The lowest BCUT2D eigenvalue weighted by Crippen LogP contribution is -2.37. The first-order chi connectivity index (χ1) is 9.74. The molecule has 0 spiro atoms. The molecule has 2 fully saturated rings. The minimum atomic E-state index is -0.346. The van der Waals surface area contributed by atoms with E-state index >= 15 is 0 Å². The van der Waals surface area contributed by atoms with Gasteiger partial charge in [-0.05, 0) is 44.7 Å². The number of hydrogen-bond acceptors (Lipinski definition) is 5. The van der Waals surface area contributed by atoms with Gasteiger partial charge in [0.15, 0.2) is 0 Å². The van der Waals surface area contributed by atoms with Crippen LogP contribution in [0.4, 0.5) is 11.5 Å². The molecule has 0 amide bonds. The van der Waals surface area contributed by atoms with Crippen LogP contribution < -0.4 is 10.2 Å². The molecule has 1 saturated carbocycles. The van der Waals surface area contributed by atoms with E-state index in [1.54, 1.807) is 12.3 Å². The second-order valence-electron chi connectivity index (χ2n) is 5.71. The van der Waals surface area contributed by atoms with Gasteiger partial charge < -0.3 is 10.2 Å². The van der Waals surface area contributed by atoms with Gasteiger partial charge >= 0.3 is 0 Å². The van der Waals surface area contributed by atoms with E-state index < -0.39 is 0 Å². The van der Waals surface area contributed by atoms with E-state index in [1.165, 1.54) is 31.7 Å². The average Bonchev–Trinajstić information content (AvgIpc) is 3.30. The third kappa shape index (κ3) is 3.07. The molecule has 0 atom stereocenters. The minimum Gasteiger partial charge on any atom is -0.353 e. The second kappa shape index (κ2) is 5.75. The molecule has 1 aromatic rings. The Kier molecular flexibility index (Phi) is 3.82. The van der Waals surface area contributed by atoms with Gasteiger partial charge in [-0.2, -0.15) is 0 Å². The summed E-state index contributed by atoms with van der Waals surface area (Å²) in [6.45, 7) is 3.12. The summed E-state index contributed by atoms with van der Waals surface area (Å²) in [6.07, 6.45) is 6.26. The highest BCUT2D eigenvalue weighted by Gasteiger charge is 2.32. The summed E-state index contributed by atoms with van der Waals surface area (Å²) in [5, 5.41) is 14.3. The van der Waals surface area contributed by atoms with Gasteiger partial charge in [-0.1, -0.05) is 0 Å². The highest BCUT2D eigenvalue weighted by atomic mass is 16.6. The first kappa shape index (κ1) is 13.3. The van der Waals surface area contributed by atoms with E-state index in [0.717, 1.165) is 25.5 Å². The van der Waals surface area contributed by atoms with Crippen molar-refractivity contribution in [3.8, 4) is 0 Å². The summed E-state index contributed by atoms with van der Waals surface area (Å²) in [7, 11) is 0. The molecule has 0 radical (unpaired) electrons. The topological polar surface area (TPSA) is 71.3 Å². The van der Waals surface area contributed by atoms with Gasteiger partial charge in [-0.15, -0.1) is 0 Å². The maximum absolute atomic E-state index is 10.9. The van der Waals surface area contributed by atoms with E-state index in [2.05, 4.69) is 15.2 Å². The van der Waals surface area contributed by atoms with Gasteiger partial charge in [0.05, 0.1) is 11.0 Å². The summed E-state index contributed by atoms with van der Waals surface area (Å²) in [4.78, 5) is 17.2. The fraction of sp³-hybridized carbons (Fsp3) is 0.643. The molecule has 0 bridgehead atoms. The Morgan fingerprint density at radius 3 is 2.75 bits per heavy atom. The SMILES string of the molecule is O=[N+]([O-])c1ccnc(N(CC2CCNCC2)C2CC2)c1. The Bertz CT molecular complexity index is 484. The third-order valence-corrected chi connectivity index (χ3v) is 4.14. The number of aromatic nitrogens is 1. The summed E-state index contributed by atoms with van der Waals surface area (Å²) in [6, 6.07) is 3.60. The number of pyridine rings is 1. The quantitative estimate of drug-likeness (QED) is 0.657. The van der Waals surface area contributed by atoms with Crippen molar-refractivity contribution >= 4 is 11.5 Å². The lowest BCUT2D eigenvalue weighted by atomic mass is 9.97. The Balaban J connectivity index is 1.75. The third-order valence-electron chi connectivity index (χ3n) is 4.14. The highest BCUT2D eigenvalue weighted by Crippen LogP contribution is 2.33. The number of anilines is 1. The predicted molar refractivity (Wildman–Crippen MR) is 76.9 cm³/mol. The number of nitrogens with one attached hydrogen (secondary N) is 1. The molecule has 1 aromatic heterocycles. The van der Waals surface area contributed by atoms with Crippen molar-refractivity contribution in [2.45, 2.75) is 31.7 Å². The van der Waals surface area contributed by atoms with Crippen molar-refractivity contribution in [3.63, 3.8) is 0 Å². The van der Waals surface area contributed by atoms with Crippen molar-refractivity contribution in [2.75, 3.05) is 24.5 Å². The van der Waals surface area contributed by atoms with Crippen molar-refractivity contribution in [2.24, 2.45) is 5.92 Å². The molecule has 3 rings (SSSR count). The van der Waals surface area contributed by atoms with Crippen LogP contribution in [0, 0.1) is 16.0 Å². The van der Waals surface area contributed by atoms with Crippen molar-refractivity contribution in [1.29, 1.82) is 0 Å². The summed E-state index contributed by atoms with van der Waals surface area (Å²) < 4.78 is 0. The lowest BCUT2D eigenvalue weighted by molar-refractivity contribution is -0.384. The van der Waals surface area contributed by atoms with Crippen LogP contribution in [0.5, 0.6) is 0 Å². The van der Waals surface area contributed by atoms with Crippen LogP contribution in [-0.4, -0.2) is 35.6 Å². The monoisotopic (exact) mass is 276 g/mol. The molecule has 108 valence electrons. The van der Waals surface area contributed by atoms with Gasteiger partial charge in [-0.25, -0.2) is 4.98 Å². The average molecular weight is 276 g/mol. The minimum absolute atomic E-state index is 0.131. The Morgan fingerprint density at radius 1 is 1.35 bits per heavy atom. The Morgan fingerprint density at radius 2 is 2.10 bits per heavy atom. The molecule has 0 unspecified atom stereocenters. The normalized spacial score (nSPS) is 19.8.